The monoisotopic (exact) mass is 429 g/mol. The molecular weight excluding hydrogens is 410 g/mol. The van der Waals surface area contributed by atoms with E-state index in [0.717, 1.165) is 33.8 Å². The van der Waals surface area contributed by atoms with Crippen molar-refractivity contribution in [3.8, 4) is 22.7 Å². The quantitative estimate of drug-likeness (QED) is 0.454. The van der Waals surface area contributed by atoms with Crippen LogP contribution in [0.5, 0.6) is 5.75 Å². The van der Waals surface area contributed by atoms with Crippen molar-refractivity contribution in [3.63, 3.8) is 0 Å². The summed E-state index contributed by atoms with van der Waals surface area (Å²) in [6.45, 7) is 0. The summed E-state index contributed by atoms with van der Waals surface area (Å²) in [5.41, 5.74) is 4.64. The zero-order valence-corrected chi connectivity index (χ0v) is 17.6. The van der Waals surface area contributed by atoms with E-state index in [-0.39, 0.29) is 11.8 Å². The molecule has 1 aliphatic rings. The highest BCUT2D eigenvalue weighted by molar-refractivity contribution is 6.30. The van der Waals surface area contributed by atoms with Crippen LogP contribution in [0.1, 0.15) is 23.5 Å². The number of carbonyl (C=O) groups is 1. The first-order valence-corrected chi connectivity index (χ1v) is 10.4. The van der Waals surface area contributed by atoms with Crippen molar-refractivity contribution in [1.82, 2.24) is 9.78 Å². The predicted molar refractivity (Wildman–Crippen MR) is 122 cm³/mol. The summed E-state index contributed by atoms with van der Waals surface area (Å²) in [5.74, 6) is 1.26. The fraction of sp³-hybridized carbons (Fsp3) is 0.120. The Kier molecular flexibility index (Phi) is 4.96. The molecule has 5 rings (SSSR count). The number of anilines is 1. The fourth-order valence-corrected chi connectivity index (χ4v) is 4.20. The lowest BCUT2D eigenvalue weighted by Crippen LogP contribution is -2.24. The Morgan fingerprint density at radius 3 is 2.55 bits per heavy atom. The van der Waals surface area contributed by atoms with Crippen molar-refractivity contribution in [2.75, 3.05) is 12.4 Å². The molecule has 0 radical (unpaired) electrons. The summed E-state index contributed by atoms with van der Waals surface area (Å²) in [6.07, 6.45) is 0.335. The SMILES string of the molecule is COc1cccc([C@H]2CC(=O)Nc3c2c(-c2ccc(Cl)cc2)nn3-c2ccccc2)c1. The smallest absolute Gasteiger partial charge is 0.226 e. The second-order valence-corrected chi connectivity index (χ2v) is 7.88. The molecule has 0 aliphatic carbocycles. The van der Waals surface area contributed by atoms with Gasteiger partial charge in [-0.05, 0) is 42.0 Å². The minimum absolute atomic E-state index is 0.0416. The summed E-state index contributed by atoms with van der Waals surface area (Å²) in [4.78, 5) is 12.7. The van der Waals surface area contributed by atoms with Crippen molar-refractivity contribution in [2.45, 2.75) is 12.3 Å². The van der Waals surface area contributed by atoms with E-state index < -0.39 is 0 Å². The molecule has 1 atom stereocenters. The minimum atomic E-state index is -0.151. The number of ether oxygens (including phenoxy) is 1. The van der Waals surface area contributed by atoms with Crippen molar-refractivity contribution in [2.24, 2.45) is 0 Å². The van der Waals surface area contributed by atoms with Crippen LogP contribution < -0.4 is 10.1 Å². The van der Waals surface area contributed by atoms with Crippen LogP contribution in [0, 0.1) is 0 Å². The van der Waals surface area contributed by atoms with Gasteiger partial charge >= 0.3 is 0 Å². The maximum atomic E-state index is 12.7. The van der Waals surface area contributed by atoms with Gasteiger partial charge in [0, 0.05) is 28.5 Å². The van der Waals surface area contributed by atoms with Crippen LogP contribution in [0.3, 0.4) is 0 Å². The number of nitrogens with one attached hydrogen (secondary N) is 1. The van der Waals surface area contributed by atoms with Crippen LogP contribution in [0.4, 0.5) is 5.82 Å². The maximum absolute atomic E-state index is 12.7. The Morgan fingerprint density at radius 2 is 1.81 bits per heavy atom. The van der Waals surface area contributed by atoms with Gasteiger partial charge in [-0.3, -0.25) is 4.79 Å². The van der Waals surface area contributed by atoms with Crippen molar-refractivity contribution in [1.29, 1.82) is 0 Å². The zero-order chi connectivity index (χ0) is 21.4. The number of fused-ring (bicyclic) bond motifs is 1. The number of hydrogen-bond acceptors (Lipinski definition) is 3. The normalized spacial score (nSPS) is 15.3. The molecule has 154 valence electrons. The van der Waals surface area contributed by atoms with E-state index in [1.54, 1.807) is 7.11 Å². The minimum Gasteiger partial charge on any atom is -0.497 e. The zero-order valence-electron chi connectivity index (χ0n) is 16.9. The van der Waals surface area contributed by atoms with Gasteiger partial charge in [0.1, 0.15) is 11.6 Å². The third kappa shape index (κ3) is 3.57. The molecule has 1 aliphatic heterocycles. The van der Waals surface area contributed by atoms with Gasteiger partial charge in [-0.25, -0.2) is 4.68 Å². The lowest BCUT2D eigenvalue weighted by atomic mass is 9.84. The molecule has 1 aromatic heterocycles. The second-order valence-electron chi connectivity index (χ2n) is 7.45. The molecule has 4 aromatic rings. The van der Waals surface area contributed by atoms with Crippen LogP contribution in [-0.4, -0.2) is 22.8 Å². The lowest BCUT2D eigenvalue weighted by molar-refractivity contribution is -0.116. The van der Waals surface area contributed by atoms with E-state index in [2.05, 4.69) is 5.32 Å². The fourth-order valence-electron chi connectivity index (χ4n) is 4.07. The number of rotatable bonds is 4. The summed E-state index contributed by atoms with van der Waals surface area (Å²) >= 11 is 6.12. The number of carbonyl (C=O) groups excluding carboxylic acids is 1. The van der Waals surface area contributed by atoms with E-state index in [1.165, 1.54) is 0 Å². The van der Waals surface area contributed by atoms with E-state index in [9.17, 15) is 4.79 Å². The third-order valence-corrected chi connectivity index (χ3v) is 5.78. The first-order valence-electron chi connectivity index (χ1n) is 10.0. The molecule has 31 heavy (non-hydrogen) atoms. The average Bonchev–Trinajstić information content (AvgIpc) is 3.19. The van der Waals surface area contributed by atoms with Crippen LogP contribution in [0.25, 0.3) is 16.9 Å². The number of nitrogens with zero attached hydrogens (tertiary/aromatic N) is 2. The maximum Gasteiger partial charge on any atom is 0.226 e. The Balaban J connectivity index is 1.76. The van der Waals surface area contributed by atoms with Gasteiger partial charge in [-0.2, -0.15) is 5.10 Å². The van der Waals surface area contributed by atoms with Crippen molar-refractivity contribution < 1.29 is 9.53 Å². The summed E-state index contributed by atoms with van der Waals surface area (Å²) in [5, 5.41) is 8.67. The van der Waals surface area contributed by atoms with E-state index >= 15 is 0 Å². The van der Waals surface area contributed by atoms with Crippen LogP contribution in [0.15, 0.2) is 78.9 Å². The van der Waals surface area contributed by atoms with E-state index in [0.29, 0.717) is 17.3 Å². The standard InChI is InChI=1S/C25H20ClN3O2/c1-31-20-9-5-6-17(14-20)21-15-22(30)27-25-23(21)24(16-10-12-18(26)13-11-16)28-29(25)19-7-3-2-4-8-19/h2-14,21H,15H2,1H3,(H,27,30)/t21-/m1/s1. The number of amides is 1. The first-order chi connectivity index (χ1) is 15.1. The van der Waals surface area contributed by atoms with Gasteiger partial charge in [-0.1, -0.05) is 54.1 Å². The largest absolute Gasteiger partial charge is 0.497 e. The second kappa shape index (κ2) is 7.93. The van der Waals surface area contributed by atoms with Gasteiger partial charge < -0.3 is 10.1 Å². The number of para-hydroxylation sites is 1. The number of methoxy groups -OCH3 is 1. The van der Waals surface area contributed by atoms with E-state index in [4.69, 9.17) is 21.4 Å². The molecule has 1 amide bonds. The topological polar surface area (TPSA) is 56.1 Å². The van der Waals surface area contributed by atoms with Gasteiger partial charge in [0.05, 0.1) is 18.5 Å². The molecule has 0 bridgehead atoms. The Hall–Kier alpha value is -3.57. The van der Waals surface area contributed by atoms with E-state index in [1.807, 2.05) is 83.5 Å². The summed E-state index contributed by atoms with van der Waals surface area (Å²) < 4.78 is 7.24. The molecule has 5 nitrogen and oxygen atoms in total. The predicted octanol–water partition coefficient (Wildman–Crippen LogP) is 5.68. The first kappa shape index (κ1) is 19.4. The van der Waals surface area contributed by atoms with Crippen LogP contribution in [0.2, 0.25) is 5.02 Å². The van der Waals surface area contributed by atoms with Crippen molar-refractivity contribution in [3.05, 3.63) is 95.0 Å². The summed E-state index contributed by atoms with van der Waals surface area (Å²) in [6, 6.07) is 25.3. The third-order valence-electron chi connectivity index (χ3n) is 5.53. The molecule has 0 fully saturated rings. The molecule has 3 aromatic carbocycles. The van der Waals surface area contributed by atoms with Gasteiger partial charge in [0.25, 0.3) is 0 Å². The molecule has 1 N–H and O–H groups in total. The number of hydrogen-bond donors (Lipinski definition) is 1. The van der Waals surface area contributed by atoms with Crippen LogP contribution >= 0.6 is 11.6 Å². The van der Waals surface area contributed by atoms with Gasteiger partial charge in [-0.15, -0.1) is 0 Å². The average molecular weight is 430 g/mol. The van der Waals surface area contributed by atoms with Crippen molar-refractivity contribution >= 4 is 23.3 Å². The Morgan fingerprint density at radius 1 is 1.03 bits per heavy atom. The number of halogens is 1. The highest BCUT2D eigenvalue weighted by Crippen LogP contribution is 2.44. The molecule has 0 spiro atoms. The van der Waals surface area contributed by atoms with Crippen LogP contribution in [-0.2, 0) is 4.79 Å². The molecule has 0 saturated heterocycles. The van der Waals surface area contributed by atoms with Gasteiger partial charge in [0.2, 0.25) is 5.91 Å². The Labute approximate surface area is 185 Å². The molecule has 6 heteroatoms. The number of aromatic nitrogens is 2. The molecular formula is C25H20ClN3O2. The molecule has 0 saturated carbocycles. The van der Waals surface area contributed by atoms with Gasteiger partial charge in [0.15, 0.2) is 0 Å². The summed E-state index contributed by atoms with van der Waals surface area (Å²) in [7, 11) is 1.64. The Bertz CT molecular complexity index is 1250. The molecule has 0 unspecified atom stereocenters. The number of benzene rings is 3. The highest BCUT2D eigenvalue weighted by Gasteiger charge is 2.34. The highest BCUT2D eigenvalue weighted by atomic mass is 35.5. The lowest BCUT2D eigenvalue weighted by Gasteiger charge is -2.25. The molecule has 2 heterocycles.